The summed E-state index contributed by atoms with van der Waals surface area (Å²) in [6.45, 7) is 0. The van der Waals surface area contributed by atoms with E-state index in [2.05, 4.69) is 188 Å². The minimum absolute atomic E-state index is 0.646. The third-order valence-electron chi connectivity index (χ3n) is 10.9. The van der Waals surface area contributed by atoms with Gasteiger partial charge in [0.25, 0.3) is 0 Å². The maximum absolute atomic E-state index is 5.17. The molecule has 9 aromatic rings. The van der Waals surface area contributed by atoms with Gasteiger partial charge < -0.3 is 0 Å². The van der Waals surface area contributed by atoms with Crippen LogP contribution in [-0.2, 0) is 0 Å². The molecule has 2 heterocycles. The minimum atomic E-state index is -2.58. The van der Waals surface area contributed by atoms with Crippen molar-refractivity contribution in [3.05, 3.63) is 212 Å². The smallest absolute Gasteiger partial charge is 0.180 e. The lowest BCUT2D eigenvalue weighted by molar-refractivity contribution is 1.07. The van der Waals surface area contributed by atoms with Crippen molar-refractivity contribution in [3.63, 3.8) is 0 Å². The second-order valence-electron chi connectivity index (χ2n) is 14.0. The number of hydrogen-bond donors (Lipinski definition) is 0. The highest BCUT2D eigenvalue weighted by Crippen LogP contribution is 2.33. The number of nitrogens with zero attached hydrogens (tertiary/aromatic N) is 3. The van der Waals surface area contributed by atoms with E-state index in [0.717, 1.165) is 27.8 Å². The van der Waals surface area contributed by atoms with E-state index in [1.54, 1.807) is 0 Å². The number of aromatic nitrogens is 3. The van der Waals surface area contributed by atoms with Crippen LogP contribution in [0.3, 0.4) is 0 Å². The lowest BCUT2D eigenvalue weighted by Crippen LogP contribution is -2.72. The molecule has 1 aromatic heterocycles. The fourth-order valence-corrected chi connectivity index (χ4v) is 13.4. The highest BCUT2D eigenvalue weighted by Gasteiger charge is 2.48. The second kappa shape index (κ2) is 13.8. The van der Waals surface area contributed by atoms with E-state index in [1.807, 2.05) is 24.3 Å². The summed E-state index contributed by atoms with van der Waals surface area (Å²) < 4.78 is 0. The van der Waals surface area contributed by atoms with Crippen LogP contribution < -0.4 is 20.7 Å². The normalized spacial score (nSPS) is 12.5. The quantitative estimate of drug-likeness (QED) is 0.154. The Hall–Kier alpha value is -7.01. The zero-order valence-corrected chi connectivity index (χ0v) is 31.0. The summed E-state index contributed by atoms with van der Waals surface area (Å²) in [4.78, 5) is 15.3. The molecule has 3 nitrogen and oxygen atoms in total. The van der Waals surface area contributed by atoms with Gasteiger partial charge in [0.1, 0.15) is 0 Å². The van der Waals surface area contributed by atoms with E-state index in [9.17, 15) is 0 Å². The first-order valence-corrected chi connectivity index (χ1v) is 20.7. The molecule has 0 N–H and O–H groups in total. The van der Waals surface area contributed by atoms with Crippen LogP contribution in [0.25, 0.3) is 67.5 Å². The van der Waals surface area contributed by atoms with Crippen LogP contribution in [0.4, 0.5) is 0 Å². The van der Waals surface area contributed by atoms with Gasteiger partial charge in [-0.25, -0.2) is 15.0 Å². The molecule has 0 aliphatic carbocycles. The predicted octanol–water partition coefficient (Wildman–Crippen LogP) is 9.56. The van der Waals surface area contributed by atoms with Gasteiger partial charge in [-0.2, -0.15) is 0 Å². The summed E-state index contributed by atoms with van der Waals surface area (Å²) in [5, 5.41) is 5.56. The molecule has 8 aromatic carbocycles. The van der Waals surface area contributed by atoms with Crippen molar-refractivity contribution in [2.75, 3.05) is 0 Å². The van der Waals surface area contributed by atoms with E-state index >= 15 is 0 Å². The Labute approximate surface area is 322 Å². The molecule has 0 amide bonds. The molecule has 10 rings (SSSR count). The number of hydrogen-bond acceptors (Lipinski definition) is 3. The predicted molar refractivity (Wildman–Crippen MR) is 230 cm³/mol. The molecule has 0 fully saturated rings. The summed E-state index contributed by atoms with van der Waals surface area (Å²) >= 11 is 0. The number of fused-ring (bicyclic) bond motifs is 3. The molecule has 0 saturated carbocycles. The number of benzene rings is 8. The molecule has 1 aliphatic heterocycles. The molecule has 1 aliphatic rings. The molecule has 0 radical (unpaired) electrons. The largest absolute Gasteiger partial charge is 0.208 e. The first-order valence-electron chi connectivity index (χ1n) is 18.7. The van der Waals surface area contributed by atoms with Crippen molar-refractivity contribution in [1.29, 1.82) is 0 Å². The molecule has 0 atom stereocenters. The fraction of sp³-hybridized carbons (Fsp3) is 0. The zero-order valence-electron chi connectivity index (χ0n) is 30.0. The summed E-state index contributed by atoms with van der Waals surface area (Å²) in [7, 11) is -2.58. The first kappa shape index (κ1) is 32.6. The van der Waals surface area contributed by atoms with Crippen molar-refractivity contribution in [1.82, 2.24) is 15.0 Å². The molecule has 55 heavy (non-hydrogen) atoms. The van der Waals surface area contributed by atoms with Crippen LogP contribution in [0.2, 0.25) is 0 Å². The van der Waals surface area contributed by atoms with E-state index < -0.39 is 8.07 Å². The zero-order chi connectivity index (χ0) is 36.6. The summed E-state index contributed by atoms with van der Waals surface area (Å²) in [5.41, 5.74) is 10.1. The highest BCUT2D eigenvalue weighted by atomic mass is 28.3. The molecular formula is C51H35N3Si. The van der Waals surface area contributed by atoms with Crippen LogP contribution in [0, 0.1) is 0 Å². The summed E-state index contributed by atoms with van der Waals surface area (Å²) in [6, 6.07) is 76.0. The maximum atomic E-state index is 5.17. The molecular weight excluding hydrogens is 683 g/mol. The summed E-state index contributed by atoms with van der Waals surface area (Å²) in [6.07, 6.45) is 0. The Balaban J connectivity index is 1.08. The third kappa shape index (κ3) is 5.72. The van der Waals surface area contributed by atoms with E-state index in [4.69, 9.17) is 15.0 Å². The Morgan fingerprint density at radius 3 is 1.13 bits per heavy atom. The molecule has 4 heteroatoms. The van der Waals surface area contributed by atoms with Gasteiger partial charge in [-0.1, -0.05) is 206 Å². The minimum Gasteiger partial charge on any atom is -0.208 e. The maximum Gasteiger partial charge on any atom is 0.180 e. The van der Waals surface area contributed by atoms with Crippen molar-refractivity contribution in [2.45, 2.75) is 0 Å². The average Bonchev–Trinajstić information content (AvgIpc) is 3.58. The Morgan fingerprint density at radius 1 is 0.255 bits per heavy atom. The average molecular weight is 718 g/mol. The third-order valence-corrected chi connectivity index (χ3v) is 15.7. The van der Waals surface area contributed by atoms with Crippen LogP contribution in [0.15, 0.2) is 212 Å². The van der Waals surface area contributed by atoms with Crippen LogP contribution in [-0.4, -0.2) is 23.0 Å². The fourth-order valence-electron chi connectivity index (χ4n) is 8.24. The van der Waals surface area contributed by atoms with Gasteiger partial charge >= 0.3 is 0 Å². The summed E-state index contributed by atoms with van der Waals surface area (Å²) in [5.74, 6) is 1.95. The lowest BCUT2D eigenvalue weighted by atomic mass is 9.99. The van der Waals surface area contributed by atoms with Crippen LogP contribution in [0.5, 0.6) is 0 Å². The van der Waals surface area contributed by atoms with Gasteiger partial charge in [-0.15, -0.1) is 0 Å². The SMILES string of the molecule is c1ccc(-c2ccc(-c3ccc(-c4nc(-c5ccccc5)nc(-c5ccc6c(c5)-c5ccccc5[Si]6(c5ccccc5)c5ccccc5)n4)cc3)cc2)cc1. The topological polar surface area (TPSA) is 38.7 Å². The van der Waals surface area contributed by atoms with E-state index in [-0.39, 0.29) is 0 Å². The monoisotopic (exact) mass is 717 g/mol. The first-order chi connectivity index (χ1) is 27.3. The van der Waals surface area contributed by atoms with Gasteiger partial charge in [-0.3, -0.25) is 0 Å². The van der Waals surface area contributed by atoms with Crippen molar-refractivity contribution < 1.29 is 0 Å². The van der Waals surface area contributed by atoms with Gasteiger partial charge in [0.15, 0.2) is 25.5 Å². The molecule has 258 valence electrons. The molecule has 0 unspecified atom stereocenters. The van der Waals surface area contributed by atoms with Crippen molar-refractivity contribution in [3.8, 4) is 67.5 Å². The van der Waals surface area contributed by atoms with Crippen molar-refractivity contribution in [2.24, 2.45) is 0 Å². The molecule has 0 saturated heterocycles. The highest BCUT2D eigenvalue weighted by molar-refractivity contribution is 7.22. The Morgan fingerprint density at radius 2 is 0.600 bits per heavy atom. The van der Waals surface area contributed by atoms with Crippen LogP contribution in [0.1, 0.15) is 0 Å². The Bertz CT molecular complexity index is 2730. The lowest BCUT2D eigenvalue weighted by Gasteiger charge is -2.31. The van der Waals surface area contributed by atoms with Gasteiger partial charge in [0, 0.05) is 16.7 Å². The van der Waals surface area contributed by atoms with Crippen molar-refractivity contribution >= 4 is 28.8 Å². The van der Waals surface area contributed by atoms with Gasteiger partial charge in [-0.05, 0) is 60.2 Å². The molecule has 0 spiro atoms. The van der Waals surface area contributed by atoms with Gasteiger partial charge in [0.05, 0.1) is 0 Å². The van der Waals surface area contributed by atoms with Gasteiger partial charge in [0.2, 0.25) is 0 Å². The molecule has 0 bridgehead atoms. The Kier molecular flexibility index (Phi) is 8.16. The number of rotatable bonds is 7. The van der Waals surface area contributed by atoms with E-state index in [1.165, 1.54) is 43.0 Å². The van der Waals surface area contributed by atoms with Crippen LogP contribution >= 0.6 is 0 Å². The van der Waals surface area contributed by atoms with E-state index in [0.29, 0.717) is 17.5 Å². The standard InChI is InChI=1S/C51H35N3Si/c1-5-15-36(16-6-1)37-25-27-38(28-26-37)39-29-31-41(32-30-39)50-52-49(40-17-7-2-8-18-40)53-51(54-50)42-33-34-48-46(35-42)45-23-13-14-24-47(45)55(48,43-19-9-3-10-20-43)44-21-11-4-12-22-44/h1-35H. The second-order valence-corrected chi connectivity index (χ2v) is 17.7.